The maximum absolute atomic E-state index is 10.9. The van der Waals surface area contributed by atoms with Gasteiger partial charge < -0.3 is 5.11 Å². The Labute approximate surface area is 82.6 Å². The van der Waals surface area contributed by atoms with Gasteiger partial charge in [0.15, 0.2) is 0 Å². The molecule has 0 aliphatic carbocycles. The van der Waals surface area contributed by atoms with Gasteiger partial charge in [0.1, 0.15) is 0 Å². The first kappa shape index (κ1) is 11.1. The third-order valence-electron chi connectivity index (χ3n) is 2.45. The third-order valence-corrected chi connectivity index (χ3v) is 3.21. The lowest BCUT2D eigenvalue weighted by Gasteiger charge is -2.36. The Bertz CT molecular complexity index is 194. The largest absolute Gasteiger partial charge is 0.389 e. The highest BCUT2D eigenvalue weighted by Gasteiger charge is 2.27. The summed E-state index contributed by atoms with van der Waals surface area (Å²) in [6.45, 7) is 4.49. The van der Waals surface area contributed by atoms with Gasteiger partial charge in [0, 0.05) is 35.9 Å². The van der Waals surface area contributed by atoms with E-state index in [-0.39, 0.29) is 0 Å². The predicted molar refractivity (Wildman–Crippen MR) is 55.2 cm³/mol. The van der Waals surface area contributed by atoms with Crippen LogP contribution in [-0.4, -0.2) is 51.5 Å². The Morgan fingerprint density at radius 3 is 2.85 bits per heavy atom. The Morgan fingerprint density at radius 1 is 1.62 bits per heavy atom. The van der Waals surface area contributed by atoms with Crippen molar-refractivity contribution in [2.45, 2.75) is 25.4 Å². The molecule has 0 radical (unpaired) electrons. The van der Waals surface area contributed by atoms with Gasteiger partial charge in [-0.15, -0.1) is 0 Å². The Kier molecular flexibility index (Phi) is 3.88. The van der Waals surface area contributed by atoms with Gasteiger partial charge in [-0.1, -0.05) is 0 Å². The molecule has 4 heteroatoms. The maximum Gasteiger partial charge on any atom is 0.0746 e. The van der Waals surface area contributed by atoms with Gasteiger partial charge >= 0.3 is 0 Å². The molecule has 1 rings (SSSR count). The van der Waals surface area contributed by atoms with Crippen molar-refractivity contribution in [3.05, 3.63) is 0 Å². The summed E-state index contributed by atoms with van der Waals surface area (Å²) in [7, 11) is -0.715. The summed E-state index contributed by atoms with van der Waals surface area (Å²) < 4.78 is 10.9. The second-order valence-corrected chi connectivity index (χ2v) is 5.71. The SMILES string of the molecule is CS(=O)CCN1CCCC(C)(O)C1. The van der Waals surface area contributed by atoms with Crippen LogP contribution in [0.25, 0.3) is 0 Å². The number of piperidine rings is 1. The lowest BCUT2D eigenvalue weighted by atomic mass is 9.95. The standard InChI is InChI=1S/C9H19NO2S/c1-9(11)4-3-5-10(8-9)6-7-13(2)12/h11H,3-8H2,1-2H3. The summed E-state index contributed by atoms with van der Waals surface area (Å²) >= 11 is 0. The minimum Gasteiger partial charge on any atom is -0.389 e. The maximum atomic E-state index is 10.9. The predicted octanol–water partition coefficient (Wildman–Crippen LogP) is 0.212. The van der Waals surface area contributed by atoms with Crippen molar-refractivity contribution in [1.82, 2.24) is 4.90 Å². The zero-order valence-corrected chi connectivity index (χ0v) is 9.27. The summed E-state index contributed by atoms with van der Waals surface area (Å²) in [5.41, 5.74) is -0.534. The molecule has 0 aromatic carbocycles. The van der Waals surface area contributed by atoms with Crippen LogP contribution in [0.5, 0.6) is 0 Å². The second-order valence-electron chi connectivity index (χ2n) is 4.15. The first-order valence-corrected chi connectivity index (χ1v) is 6.47. The van der Waals surface area contributed by atoms with Crippen LogP contribution in [0.15, 0.2) is 0 Å². The summed E-state index contributed by atoms with van der Waals surface area (Å²) in [4.78, 5) is 2.20. The molecule has 1 heterocycles. The monoisotopic (exact) mass is 205 g/mol. The van der Waals surface area contributed by atoms with Crippen LogP contribution in [-0.2, 0) is 10.8 Å². The van der Waals surface area contributed by atoms with Crippen molar-refractivity contribution in [1.29, 1.82) is 0 Å². The quantitative estimate of drug-likeness (QED) is 0.716. The van der Waals surface area contributed by atoms with Crippen molar-refractivity contribution in [3.8, 4) is 0 Å². The average Bonchev–Trinajstić information content (AvgIpc) is 1.99. The Balaban J connectivity index is 2.30. The first-order chi connectivity index (χ1) is 5.99. The fourth-order valence-electron chi connectivity index (χ4n) is 1.77. The van der Waals surface area contributed by atoms with E-state index in [1.54, 1.807) is 6.26 Å². The molecule has 2 atom stereocenters. The number of likely N-dealkylation sites (tertiary alicyclic amines) is 1. The van der Waals surface area contributed by atoms with Gasteiger partial charge in [0.05, 0.1) is 5.60 Å². The van der Waals surface area contributed by atoms with E-state index in [0.717, 1.165) is 38.2 Å². The van der Waals surface area contributed by atoms with Crippen LogP contribution in [0.4, 0.5) is 0 Å². The van der Waals surface area contributed by atoms with E-state index in [0.29, 0.717) is 0 Å². The molecule has 1 aliphatic rings. The number of hydrogen-bond acceptors (Lipinski definition) is 3. The van der Waals surface area contributed by atoms with Crippen LogP contribution in [0, 0.1) is 0 Å². The highest BCUT2D eigenvalue weighted by Crippen LogP contribution is 2.19. The number of hydrogen-bond donors (Lipinski definition) is 1. The minimum absolute atomic E-state index is 0.534. The summed E-state index contributed by atoms with van der Waals surface area (Å²) in [5.74, 6) is 0.718. The molecular formula is C9H19NO2S. The number of rotatable bonds is 3. The van der Waals surface area contributed by atoms with Crippen LogP contribution in [0.3, 0.4) is 0 Å². The number of nitrogens with zero attached hydrogens (tertiary/aromatic N) is 1. The fourth-order valence-corrected chi connectivity index (χ4v) is 2.29. The summed E-state index contributed by atoms with van der Waals surface area (Å²) in [6.07, 6.45) is 3.66. The van der Waals surface area contributed by atoms with Gasteiger partial charge in [-0.05, 0) is 26.3 Å². The summed E-state index contributed by atoms with van der Waals surface area (Å²) in [6, 6.07) is 0. The molecule has 1 saturated heterocycles. The molecule has 2 unspecified atom stereocenters. The normalized spacial score (nSPS) is 33.2. The molecule has 13 heavy (non-hydrogen) atoms. The Hall–Kier alpha value is 0.0700. The van der Waals surface area contributed by atoms with Gasteiger partial charge in [-0.3, -0.25) is 9.11 Å². The molecule has 0 aromatic heterocycles. The van der Waals surface area contributed by atoms with Crippen molar-refractivity contribution in [3.63, 3.8) is 0 Å². The van der Waals surface area contributed by atoms with E-state index in [9.17, 15) is 9.32 Å². The van der Waals surface area contributed by atoms with Crippen LogP contribution < -0.4 is 0 Å². The van der Waals surface area contributed by atoms with E-state index in [1.165, 1.54) is 0 Å². The number of β-amino-alcohol motifs (C(OH)–C–C–N with tert-alkyl or cyclic N) is 1. The van der Waals surface area contributed by atoms with E-state index in [4.69, 9.17) is 0 Å². The van der Waals surface area contributed by atoms with Crippen molar-refractivity contribution >= 4 is 10.8 Å². The third kappa shape index (κ3) is 4.20. The lowest BCUT2D eigenvalue weighted by Crippen LogP contribution is -2.47. The zero-order chi connectivity index (χ0) is 9.90. The van der Waals surface area contributed by atoms with Gasteiger partial charge in [-0.25, -0.2) is 0 Å². The first-order valence-electron chi connectivity index (χ1n) is 4.74. The van der Waals surface area contributed by atoms with Crippen molar-refractivity contribution < 1.29 is 9.32 Å². The molecule has 1 aliphatic heterocycles. The van der Waals surface area contributed by atoms with Gasteiger partial charge in [-0.2, -0.15) is 0 Å². The van der Waals surface area contributed by atoms with Gasteiger partial charge in [0.25, 0.3) is 0 Å². The highest BCUT2D eigenvalue weighted by atomic mass is 32.2. The molecular weight excluding hydrogens is 186 g/mol. The van der Waals surface area contributed by atoms with E-state index >= 15 is 0 Å². The molecule has 0 amide bonds. The zero-order valence-electron chi connectivity index (χ0n) is 8.45. The highest BCUT2D eigenvalue weighted by molar-refractivity contribution is 7.84. The Morgan fingerprint density at radius 2 is 2.31 bits per heavy atom. The molecule has 78 valence electrons. The lowest BCUT2D eigenvalue weighted by molar-refractivity contribution is -0.0134. The molecule has 0 spiro atoms. The molecule has 0 bridgehead atoms. The van der Waals surface area contributed by atoms with Crippen molar-refractivity contribution in [2.24, 2.45) is 0 Å². The van der Waals surface area contributed by atoms with Crippen LogP contribution >= 0.6 is 0 Å². The molecule has 0 saturated carbocycles. The summed E-state index contributed by atoms with van der Waals surface area (Å²) in [5, 5.41) is 9.79. The van der Waals surface area contributed by atoms with Crippen LogP contribution in [0.1, 0.15) is 19.8 Å². The minimum atomic E-state index is -0.715. The average molecular weight is 205 g/mol. The fraction of sp³-hybridized carbons (Fsp3) is 1.00. The van der Waals surface area contributed by atoms with E-state index in [2.05, 4.69) is 4.90 Å². The van der Waals surface area contributed by atoms with Crippen molar-refractivity contribution in [2.75, 3.05) is 31.6 Å². The molecule has 0 aromatic rings. The molecule has 1 fully saturated rings. The van der Waals surface area contributed by atoms with E-state index in [1.807, 2.05) is 6.92 Å². The smallest absolute Gasteiger partial charge is 0.0746 e. The second kappa shape index (κ2) is 4.53. The van der Waals surface area contributed by atoms with Gasteiger partial charge in [0.2, 0.25) is 0 Å². The molecule has 1 N–H and O–H groups in total. The van der Waals surface area contributed by atoms with E-state index < -0.39 is 16.4 Å². The molecule has 3 nitrogen and oxygen atoms in total. The van der Waals surface area contributed by atoms with Crippen LogP contribution in [0.2, 0.25) is 0 Å². The number of aliphatic hydroxyl groups is 1. The topological polar surface area (TPSA) is 40.5 Å².